The molecule has 0 aromatic carbocycles. The average Bonchev–Trinajstić information content (AvgIpc) is 2.10. The molecule has 1 rings (SSSR count). The summed E-state index contributed by atoms with van der Waals surface area (Å²) >= 11 is 0. The van der Waals surface area contributed by atoms with Crippen LogP contribution in [-0.2, 0) is 0 Å². The minimum atomic E-state index is -1.10. The van der Waals surface area contributed by atoms with Gasteiger partial charge in [0.05, 0.1) is 11.4 Å². The summed E-state index contributed by atoms with van der Waals surface area (Å²) in [6.45, 7) is 5.20. The van der Waals surface area contributed by atoms with Crippen LogP contribution in [0.4, 0.5) is 4.79 Å². The maximum absolute atomic E-state index is 10.3. The Morgan fingerprint density at radius 3 is 2.70 bits per heavy atom. The Morgan fingerprint density at radius 2 is 2.50 bits per heavy atom. The van der Waals surface area contributed by atoms with Crippen LogP contribution in [0.15, 0.2) is 24.0 Å². The van der Waals surface area contributed by atoms with Crippen LogP contribution in [0.3, 0.4) is 0 Å². The maximum Gasteiger partial charge on any atom is 0.432 e. The van der Waals surface area contributed by atoms with Gasteiger partial charge < -0.3 is 5.11 Å². The zero-order valence-corrected chi connectivity index (χ0v) is 5.53. The first-order valence-electron chi connectivity index (χ1n) is 2.73. The van der Waals surface area contributed by atoms with Crippen LogP contribution in [0.25, 0.3) is 0 Å². The third-order valence-corrected chi connectivity index (χ3v) is 1.09. The first-order chi connectivity index (χ1) is 4.61. The van der Waals surface area contributed by atoms with Crippen molar-refractivity contribution in [2.75, 3.05) is 0 Å². The molecule has 0 saturated heterocycles. The van der Waals surface area contributed by atoms with Gasteiger partial charge in [0, 0.05) is 0 Å². The molecule has 4 nitrogen and oxygen atoms in total. The highest BCUT2D eigenvalue weighted by Crippen LogP contribution is 2.13. The molecule has 4 heteroatoms. The molecule has 1 radical (unpaired) electrons. The molecule has 1 aliphatic heterocycles. The fraction of sp³-hybridized carbons (Fsp3) is 0.167. The van der Waals surface area contributed by atoms with Gasteiger partial charge in [-0.3, -0.25) is 0 Å². The molecular weight excluding hydrogens is 132 g/mol. The molecule has 0 bridgehead atoms. The quantitative estimate of drug-likeness (QED) is 0.542. The molecule has 53 valence electrons. The molecular formula is C6H7N2O2. The van der Waals surface area contributed by atoms with Crippen molar-refractivity contribution in [1.82, 2.24) is 10.4 Å². The number of hydrogen-bond donors (Lipinski definition) is 1. The van der Waals surface area contributed by atoms with Crippen molar-refractivity contribution in [3.05, 3.63) is 24.0 Å². The summed E-state index contributed by atoms with van der Waals surface area (Å²) in [5.74, 6) is 0. The lowest BCUT2D eigenvalue weighted by molar-refractivity contribution is 0.149. The minimum Gasteiger partial charge on any atom is -0.463 e. The number of carboxylic acid groups (broad SMARTS) is 1. The van der Waals surface area contributed by atoms with E-state index in [1.807, 2.05) is 0 Å². The Balaban J connectivity index is 2.73. The third-order valence-electron chi connectivity index (χ3n) is 1.09. The van der Waals surface area contributed by atoms with E-state index in [2.05, 4.69) is 12.0 Å². The van der Waals surface area contributed by atoms with Crippen molar-refractivity contribution < 1.29 is 9.90 Å². The van der Waals surface area contributed by atoms with Crippen LogP contribution in [-0.4, -0.2) is 16.2 Å². The molecule has 1 heterocycles. The smallest absolute Gasteiger partial charge is 0.432 e. The standard InChI is InChI=1S/C6H7N2O2/c1-4-3-5(2)8(7-4)6(9)10/h3H,2H2,1H3,(H,9,10). The lowest BCUT2D eigenvalue weighted by Crippen LogP contribution is -2.29. The van der Waals surface area contributed by atoms with Crippen molar-refractivity contribution in [1.29, 1.82) is 0 Å². The minimum absolute atomic E-state index is 0.394. The van der Waals surface area contributed by atoms with Crippen molar-refractivity contribution in [2.45, 2.75) is 6.92 Å². The van der Waals surface area contributed by atoms with E-state index in [1.54, 1.807) is 13.0 Å². The molecule has 0 aromatic heterocycles. The second-order valence-electron chi connectivity index (χ2n) is 1.97. The summed E-state index contributed by atoms with van der Waals surface area (Å²) < 4.78 is 0. The van der Waals surface area contributed by atoms with Gasteiger partial charge in [-0.2, -0.15) is 10.4 Å². The molecule has 0 aromatic rings. The Hall–Kier alpha value is -1.45. The van der Waals surface area contributed by atoms with Crippen LogP contribution in [0.1, 0.15) is 6.92 Å². The number of carbonyl (C=O) groups is 1. The molecule has 1 N–H and O–H groups in total. The first-order valence-corrected chi connectivity index (χ1v) is 2.73. The van der Waals surface area contributed by atoms with Crippen molar-refractivity contribution in [2.24, 2.45) is 0 Å². The number of nitrogens with zero attached hydrogens (tertiary/aromatic N) is 2. The van der Waals surface area contributed by atoms with E-state index < -0.39 is 6.09 Å². The van der Waals surface area contributed by atoms with Crippen LogP contribution >= 0.6 is 0 Å². The zero-order valence-electron chi connectivity index (χ0n) is 5.53. The van der Waals surface area contributed by atoms with Crippen LogP contribution in [0.2, 0.25) is 0 Å². The van der Waals surface area contributed by atoms with E-state index in [9.17, 15) is 4.79 Å². The summed E-state index contributed by atoms with van der Waals surface area (Å²) in [6, 6.07) is 0. The Labute approximate surface area is 58.4 Å². The predicted molar refractivity (Wildman–Crippen MR) is 34.9 cm³/mol. The second kappa shape index (κ2) is 2.06. The average molecular weight is 139 g/mol. The number of hydrogen-bond acceptors (Lipinski definition) is 1. The summed E-state index contributed by atoms with van der Waals surface area (Å²) in [5.41, 5.74) is 4.72. The van der Waals surface area contributed by atoms with Gasteiger partial charge in [-0.15, -0.1) is 0 Å². The van der Waals surface area contributed by atoms with Gasteiger partial charge in [-0.05, 0) is 13.0 Å². The van der Waals surface area contributed by atoms with Gasteiger partial charge in [-0.25, -0.2) is 4.79 Å². The molecule has 10 heavy (non-hydrogen) atoms. The Morgan fingerprint density at radius 1 is 1.90 bits per heavy atom. The Kier molecular flexibility index (Phi) is 1.37. The monoisotopic (exact) mass is 139 g/mol. The van der Waals surface area contributed by atoms with E-state index in [0.717, 1.165) is 5.01 Å². The topological polar surface area (TPSA) is 54.6 Å². The molecule has 1 amide bonds. The lowest BCUT2D eigenvalue weighted by atomic mass is 10.4. The summed E-state index contributed by atoms with van der Waals surface area (Å²) in [4.78, 5) is 10.3. The summed E-state index contributed by atoms with van der Waals surface area (Å²) in [7, 11) is 0. The predicted octanol–water partition coefficient (Wildman–Crippen LogP) is 0.917. The molecule has 0 atom stereocenters. The SMILES string of the molecule is C=C1C=C(C)[N]N1C(=O)O. The van der Waals surface area contributed by atoms with E-state index in [1.165, 1.54) is 0 Å². The van der Waals surface area contributed by atoms with E-state index in [-0.39, 0.29) is 0 Å². The number of allylic oxidation sites excluding steroid dienone is 2. The van der Waals surface area contributed by atoms with Crippen LogP contribution in [0.5, 0.6) is 0 Å². The molecule has 0 spiro atoms. The largest absolute Gasteiger partial charge is 0.463 e. The van der Waals surface area contributed by atoms with Gasteiger partial charge in [0.1, 0.15) is 0 Å². The Bertz CT molecular complexity index is 220. The van der Waals surface area contributed by atoms with Gasteiger partial charge in [0.2, 0.25) is 0 Å². The van der Waals surface area contributed by atoms with E-state index >= 15 is 0 Å². The van der Waals surface area contributed by atoms with Gasteiger partial charge in [-0.1, -0.05) is 6.58 Å². The van der Waals surface area contributed by atoms with Crippen molar-refractivity contribution >= 4 is 6.09 Å². The van der Waals surface area contributed by atoms with E-state index in [0.29, 0.717) is 11.4 Å². The fourth-order valence-electron chi connectivity index (χ4n) is 0.719. The normalized spacial score (nSPS) is 16.7. The second-order valence-corrected chi connectivity index (χ2v) is 1.97. The third kappa shape index (κ3) is 0.953. The highest BCUT2D eigenvalue weighted by Gasteiger charge is 2.21. The molecule has 0 aliphatic carbocycles. The van der Waals surface area contributed by atoms with Crippen molar-refractivity contribution in [3.8, 4) is 0 Å². The highest BCUT2D eigenvalue weighted by atomic mass is 16.4. The number of rotatable bonds is 0. The molecule has 0 unspecified atom stereocenters. The zero-order chi connectivity index (χ0) is 7.72. The van der Waals surface area contributed by atoms with Crippen molar-refractivity contribution in [3.63, 3.8) is 0 Å². The van der Waals surface area contributed by atoms with Gasteiger partial charge in [0.25, 0.3) is 0 Å². The van der Waals surface area contributed by atoms with E-state index in [4.69, 9.17) is 5.11 Å². The molecule has 1 aliphatic rings. The van der Waals surface area contributed by atoms with Gasteiger partial charge in [0.15, 0.2) is 0 Å². The van der Waals surface area contributed by atoms with Gasteiger partial charge >= 0.3 is 6.09 Å². The fourth-order valence-corrected chi connectivity index (χ4v) is 0.719. The summed E-state index contributed by atoms with van der Waals surface area (Å²) in [6.07, 6.45) is 0.506. The number of amides is 1. The summed E-state index contributed by atoms with van der Waals surface area (Å²) in [5, 5.41) is 9.28. The van der Waals surface area contributed by atoms with Crippen LogP contribution in [0, 0.1) is 0 Å². The first kappa shape index (κ1) is 6.67. The maximum atomic E-state index is 10.3. The lowest BCUT2D eigenvalue weighted by Gasteiger charge is -2.09. The molecule has 0 fully saturated rings. The molecule has 0 saturated carbocycles. The van der Waals surface area contributed by atoms with Crippen LogP contribution < -0.4 is 5.43 Å². The highest BCUT2D eigenvalue weighted by molar-refractivity contribution is 5.68.